The van der Waals surface area contributed by atoms with Crippen LogP contribution in [-0.2, 0) is 9.59 Å². The molecule has 1 aromatic carbocycles. The Labute approximate surface area is 112 Å². The van der Waals surface area contributed by atoms with Crippen molar-refractivity contribution in [3.8, 4) is 0 Å². The molecule has 0 saturated heterocycles. The highest BCUT2D eigenvalue weighted by Gasteiger charge is 2.07. The van der Waals surface area contributed by atoms with Crippen LogP contribution < -0.4 is 10.6 Å². The predicted octanol–water partition coefficient (Wildman–Crippen LogP) is 3.43. The van der Waals surface area contributed by atoms with Gasteiger partial charge in [-0.15, -0.1) is 0 Å². The van der Waals surface area contributed by atoms with Gasteiger partial charge in [0.2, 0.25) is 11.8 Å². The van der Waals surface area contributed by atoms with Gasteiger partial charge >= 0.3 is 0 Å². The maximum absolute atomic E-state index is 11.5. The number of carbonyl (C=O) groups excluding carboxylic acids is 2. The summed E-state index contributed by atoms with van der Waals surface area (Å²) in [5.41, 5.74) is 1.14. The molecule has 0 atom stereocenters. The SMILES string of the molecule is CCCC(=O)Nc1cc(NC(=O)CC)ccc1Cl. The van der Waals surface area contributed by atoms with Crippen molar-refractivity contribution < 1.29 is 9.59 Å². The largest absolute Gasteiger partial charge is 0.326 e. The Balaban J connectivity index is 2.80. The molecule has 1 rings (SSSR count). The fraction of sp³-hybridized carbons (Fsp3) is 0.385. The number of hydrogen-bond donors (Lipinski definition) is 2. The third-order valence-electron chi connectivity index (χ3n) is 2.32. The zero-order valence-corrected chi connectivity index (χ0v) is 11.3. The summed E-state index contributed by atoms with van der Waals surface area (Å²) < 4.78 is 0. The van der Waals surface area contributed by atoms with Gasteiger partial charge in [0.1, 0.15) is 0 Å². The summed E-state index contributed by atoms with van der Waals surface area (Å²) in [7, 11) is 0. The highest BCUT2D eigenvalue weighted by atomic mass is 35.5. The molecule has 0 saturated carbocycles. The van der Waals surface area contributed by atoms with Crippen molar-refractivity contribution in [2.24, 2.45) is 0 Å². The van der Waals surface area contributed by atoms with Crippen molar-refractivity contribution in [1.29, 1.82) is 0 Å². The highest BCUT2D eigenvalue weighted by molar-refractivity contribution is 6.33. The van der Waals surface area contributed by atoms with Crippen LogP contribution in [0.2, 0.25) is 5.02 Å². The summed E-state index contributed by atoms with van der Waals surface area (Å²) in [5, 5.41) is 5.89. The van der Waals surface area contributed by atoms with Gasteiger partial charge in [0.05, 0.1) is 10.7 Å². The fourth-order valence-corrected chi connectivity index (χ4v) is 1.55. The lowest BCUT2D eigenvalue weighted by Crippen LogP contribution is -2.12. The first-order chi connectivity index (χ1) is 8.56. The van der Waals surface area contributed by atoms with Gasteiger partial charge in [0, 0.05) is 18.5 Å². The van der Waals surface area contributed by atoms with Crippen LogP contribution in [0.4, 0.5) is 11.4 Å². The Bertz CT molecular complexity index is 447. The molecular weight excluding hydrogens is 252 g/mol. The second-order valence-corrected chi connectivity index (χ2v) is 4.30. The predicted molar refractivity (Wildman–Crippen MR) is 73.9 cm³/mol. The molecule has 5 heteroatoms. The first-order valence-electron chi connectivity index (χ1n) is 5.96. The van der Waals surface area contributed by atoms with E-state index in [1.54, 1.807) is 25.1 Å². The molecule has 0 bridgehead atoms. The molecule has 0 radical (unpaired) electrons. The van der Waals surface area contributed by atoms with Gasteiger partial charge in [-0.2, -0.15) is 0 Å². The van der Waals surface area contributed by atoms with E-state index in [4.69, 9.17) is 11.6 Å². The topological polar surface area (TPSA) is 58.2 Å². The molecule has 0 aliphatic carbocycles. The minimum absolute atomic E-state index is 0.0804. The van der Waals surface area contributed by atoms with E-state index in [-0.39, 0.29) is 11.8 Å². The summed E-state index contributed by atoms with van der Waals surface area (Å²) in [6.07, 6.45) is 1.62. The summed E-state index contributed by atoms with van der Waals surface area (Å²) in [4.78, 5) is 22.8. The molecular formula is C13H17ClN2O2. The average molecular weight is 269 g/mol. The normalized spacial score (nSPS) is 9.94. The monoisotopic (exact) mass is 268 g/mol. The van der Waals surface area contributed by atoms with Crippen LogP contribution in [0.15, 0.2) is 18.2 Å². The minimum atomic E-state index is -0.0848. The number of benzene rings is 1. The van der Waals surface area contributed by atoms with E-state index in [0.29, 0.717) is 29.2 Å². The highest BCUT2D eigenvalue weighted by Crippen LogP contribution is 2.25. The molecule has 0 spiro atoms. The lowest BCUT2D eigenvalue weighted by molar-refractivity contribution is -0.116. The molecule has 18 heavy (non-hydrogen) atoms. The van der Waals surface area contributed by atoms with Crippen molar-refractivity contribution in [2.75, 3.05) is 10.6 Å². The van der Waals surface area contributed by atoms with Crippen LogP contribution in [0.25, 0.3) is 0 Å². The standard InChI is InChI=1S/C13H17ClN2O2/c1-3-5-13(18)16-11-8-9(6-7-10(11)14)15-12(17)4-2/h6-8H,3-5H2,1-2H3,(H,15,17)(H,16,18). The maximum atomic E-state index is 11.5. The third-order valence-corrected chi connectivity index (χ3v) is 2.65. The Morgan fingerprint density at radius 2 is 1.89 bits per heavy atom. The van der Waals surface area contributed by atoms with E-state index >= 15 is 0 Å². The van der Waals surface area contributed by atoms with E-state index in [2.05, 4.69) is 10.6 Å². The number of rotatable bonds is 5. The van der Waals surface area contributed by atoms with Gasteiger partial charge in [0.25, 0.3) is 0 Å². The van der Waals surface area contributed by atoms with Crippen molar-refractivity contribution in [1.82, 2.24) is 0 Å². The fourth-order valence-electron chi connectivity index (χ4n) is 1.39. The summed E-state index contributed by atoms with van der Waals surface area (Å²) in [6.45, 7) is 3.70. The Kier molecular flexibility index (Phi) is 5.65. The van der Waals surface area contributed by atoms with Gasteiger partial charge in [-0.05, 0) is 24.6 Å². The maximum Gasteiger partial charge on any atom is 0.224 e. The van der Waals surface area contributed by atoms with Crippen LogP contribution in [0.3, 0.4) is 0 Å². The number of halogens is 1. The summed E-state index contributed by atoms with van der Waals surface area (Å²) in [6, 6.07) is 5.00. The van der Waals surface area contributed by atoms with Crippen LogP contribution in [-0.4, -0.2) is 11.8 Å². The molecule has 0 unspecified atom stereocenters. The van der Waals surface area contributed by atoms with Crippen LogP contribution in [0.5, 0.6) is 0 Å². The van der Waals surface area contributed by atoms with Gasteiger partial charge < -0.3 is 10.6 Å². The summed E-state index contributed by atoms with van der Waals surface area (Å²) >= 11 is 5.98. The average Bonchev–Trinajstić information content (AvgIpc) is 2.33. The zero-order valence-electron chi connectivity index (χ0n) is 10.5. The van der Waals surface area contributed by atoms with E-state index in [1.807, 2.05) is 6.92 Å². The second kappa shape index (κ2) is 7.01. The molecule has 98 valence electrons. The first kappa shape index (κ1) is 14.5. The van der Waals surface area contributed by atoms with Gasteiger partial charge in [0.15, 0.2) is 0 Å². The van der Waals surface area contributed by atoms with E-state index in [0.717, 1.165) is 6.42 Å². The van der Waals surface area contributed by atoms with Crippen molar-refractivity contribution in [2.45, 2.75) is 33.1 Å². The van der Waals surface area contributed by atoms with E-state index in [1.165, 1.54) is 0 Å². The number of amides is 2. The van der Waals surface area contributed by atoms with E-state index < -0.39 is 0 Å². The minimum Gasteiger partial charge on any atom is -0.326 e. The molecule has 0 aliphatic rings. The van der Waals surface area contributed by atoms with Crippen LogP contribution in [0.1, 0.15) is 33.1 Å². The summed E-state index contributed by atoms with van der Waals surface area (Å²) in [5.74, 6) is -0.165. The lowest BCUT2D eigenvalue weighted by Gasteiger charge is -2.10. The Morgan fingerprint density at radius 3 is 2.50 bits per heavy atom. The zero-order chi connectivity index (χ0) is 13.5. The third kappa shape index (κ3) is 4.37. The quantitative estimate of drug-likeness (QED) is 0.860. The number of carbonyl (C=O) groups is 2. The Hall–Kier alpha value is -1.55. The molecule has 2 amide bonds. The molecule has 4 nitrogen and oxygen atoms in total. The van der Waals surface area contributed by atoms with Gasteiger partial charge in [-0.3, -0.25) is 9.59 Å². The van der Waals surface area contributed by atoms with E-state index in [9.17, 15) is 9.59 Å². The first-order valence-corrected chi connectivity index (χ1v) is 6.33. The number of anilines is 2. The van der Waals surface area contributed by atoms with Crippen LogP contribution in [0, 0.1) is 0 Å². The second-order valence-electron chi connectivity index (χ2n) is 3.89. The Morgan fingerprint density at radius 1 is 1.17 bits per heavy atom. The van der Waals surface area contributed by atoms with Gasteiger partial charge in [-0.1, -0.05) is 25.4 Å². The van der Waals surface area contributed by atoms with Crippen molar-refractivity contribution in [3.05, 3.63) is 23.2 Å². The van der Waals surface area contributed by atoms with Crippen LogP contribution >= 0.6 is 11.6 Å². The number of nitrogens with one attached hydrogen (secondary N) is 2. The molecule has 1 aromatic rings. The smallest absolute Gasteiger partial charge is 0.224 e. The van der Waals surface area contributed by atoms with Crippen molar-refractivity contribution >= 4 is 34.8 Å². The van der Waals surface area contributed by atoms with Gasteiger partial charge in [-0.25, -0.2) is 0 Å². The molecule has 0 aromatic heterocycles. The van der Waals surface area contributed by atoms with Crippen molar-refractivity contribution in [3.63, 3.8) is 0 Å². The lowest BCUT2D eigenvalue weighted by atomic mass is 10.2. The molecule has 0 aliphatic heterocycles. The molecule has 0 heterocycles. The number of hydrogen-bond acceptors (Lipinski definition) is 2. The molecule has 0 fully saturated rings. The molecule has 2 N–H and O–H groups in total.